The summed E-state index contributed by atoms with van der Waals surface area (Å²) in [6.45, 7) is 1.30. The molecule has 2 aliphatic heterocycles. The minimum absolute atomic E-state index is 0.214. The second-order valence-corrected chi connectivity index (χ2v) is 12.7. The molecule has 3 heterocycles. The minimum Gasteiger partial charge on any atom is -0.389 e. The van der Waals surface area contributed by atoms with Gasteiger partial charge in [-0.15, -0.1) is 0 Å². The van der Waals surface area contributed by atoms with Gasteiger partial charge in [-0.1, -0.05) is 42.5 Å². The van der Waals surface area contributed by atoms with Gasteiger partial charge in [-0.2, -0.15) is 17.5 Å². The van der Waals surface area contributed by atoms with E-state index in [2.05, 4.69) is 16.0 Å². The molecule has 1 unspecified atom stereocenters. The Morgan fingerprint density at radius 1 is 1.10 bits per heavy atom. The molecule has 5 rings (SSSR count). The van der Waals surface area contributed by atoms with Crippen molar-refractivity contribution < 1.29 is 26.4 Å². The Morgan fingerprint density at radius 3 is 2.46 bits per heavy atom. The maximum Gasteiger partial charge on any atom is 0.511 e. The van der Waals surface area contributed by atoms with Crippen molar-refractivity contribution >= 4 is 44.2 Å². The van der Waals surface area contributed by atoms with E-state index in [-0.39, 0.29) is 49.5 Å². The zero-order valence-electron chi connectivity index (χ0n) is 22.1. The fourth-order valence-electron chi connectivity index (χ4n) is 5.27. The first-order valence-electron chi connectivity index (χ1n) is 13.3. The van der Waals surface area contributed by atoms with E-state index < -0.39 is 15.5 Å². The monoisotopic (exact) mass is 608 g/mol. The highest BCUT2D eigenvalue weighted by molar-refractivity contribution is 7.90. The fraction of sp³-hybridized carbons (Fsp3) is 0.407. The van der Waals surface area contributed by atoms with Crippen LogP contribution in [-0.2, 0) is 16.6 Å². The number of fused-ring (bicyclic) bond motifs is 1. The highest BCUT2D eigenvalue weighted by atomic mass is 32.2. The van der Waals surface area contributed by atoms with Gasteiger partial charge < -0.3 is 26.3 Å². The summed E-state index contributed by atoms with van der Waals surface area (Å²) in [5.74, 6) is 0. The Labute approximate surface area is 241 Å². The van der Waals surface area contributed by atoms with Crippen molar-refractivity contribution in [2.75, 3.05) is 26.2 Å². The molecule has 0 aliphatic carbocycles. The van der Waals surface area contributed by atoms with Crippen LogP contribution in [0, 0.1) is 0 Å². The van der Waals surface area contributed by atoms with Crippen molar-refractivity contribution in [3.8, 4) is 11.1 Å². The molecule has 5 N–H and O–H groups in total. The first-order valence-corrected chi connectivity index (χ1v) is 15.1. The number of thiocarbonyl (C=S) groups is 1. The number of carbonyl (C=O) groups excluding carboxylic acids is 1. The summed E-state index contributed by atoms with van der Waals surface area (Å²) < 4.78 is 65.8. The summed E-state index contributed by atoms with van der Waals surface area (Å²) in [4.78, 5) is 12.5. The number of urea groups is 1. The van der Waals surface area contributed by atoms with E-state index in [1.807, 2.05) is 53.2 Å². The molecule has 41 heavy (non-hydrogen) atoms. The number of sulfonamides is 1. The molecular formula is C27H31F3N6O3S2. The average Bonchev–Trinajstić information content (AvgIpc) is 3.29. The van der Waals surface area contributed by atoms with Crippen LogP contribution in [0.1, 0.15) is 36.4 Å². The number of amides is 2. The lowest BCUT2D eigenvalue weighted by atomic mass is 10.0. The third kappa shape index (κ3) is 6.20. The van der Waals surface area contributed by atoms with Crippen LogP contribution < -0.4 is 21.7 Å². The number of halogens is 3. The quantitative estimate of drug-likeness (QED) is 0.290. The molecule has 2 fully saturated rings. The number of aromatic nitrogens is 1. The number of rotatable bonds is 8. The summed E-state index contributed by atoms with van der Waals surface area (Å²) in [6, 6.07) is 13.1. The molecule has 0 bridgehead atoms. The number of carbonyl (C=O) groups is 1. The Bertz CT molecular complexity index is 1560. The summed E-state index contributed by atoms with van der Waals surface area (Å²) >= 11 is 5.15. The van der Waals surface area contributed by atoms with Crippen molar-refractivity contribution in [2.45, 2.75) is 43.4 Å². The van der Waals surface area contributed by atoms with Crippen LogP contribution in [0.15, 0.2) is 48.7 Å². The molecule has 9 nitrogen and oxygen atoms in total. The van der Waals surface area contributed by atoms with E-state index >= 15 is 0 Å². The Balaban J connectivity index is 1.42. The summed E-state index contributed by atoms with van der Waals surface area (Å²) in [6.07, 6.45) is 3.39. The van der Waals surface area contributed by atoms with Crippen LogP contribution in [-0.4, -0.2) is 66.0 Å². The second-order valence-electron chi connectivity index (χ2n) is 10.3. The molecule has 2 amide bonds. The van der Waals surface area contributed by atoms with Gasteiger partial charge in [0.1, 0.15) is 4.99 Å². The van der Waals surface area contributed by atoms with Gasteiger partial charge in [0.15, 0.2) is 0 Å². The lowest BCUT2D eigenvalue weighted by molar-refractivity contribution is -0.0496. The molecular weight excluding hydrogens is 577 g/mol. The van der Waals surface area contributed by atoms with E-state index in [0.29, 0.717) is 22.5 Å². The molecule has 3 aromatic rings. The maximum atomic E-state index is 13.1. The number of nitrogens with one attached hydrogen (secondary N) is 3. The van der Waals surface area contributed by atoms with Crippen LogP contribution >= 0.6 is 12.2 Å². The van der Waals surface area contributed by atoms with Gasteiger partial charge in [-0.25, -0.2) is 13.2 Å². The summed E-state index contributed by atoms with van der Waals surface area (Å²) in [5, 5.41) is 9.84. The minimum atomic E-state index is -5.38. The van der Waals surface area contributed by atoms with Gasteiger partial charge in [-0.05, 0) is 49.1 Å². The van der Waals surface area contributed by atoms with Crippen molar-refractivity contribution in [3.63, 3.8) is 0 Å². The van der Waals surface area contributed by atoms with Crippen LogP contribution in [0.3, 0.4) is 0 Å². The molecule has 14 heteroatoms. The highest BCUT2D eigenvalue weighted by Crippen LogP contribution is 2.38. The first-order chi connectivity index (χ1) is 19.4. The zero-order valence-corrected chi connectivity index (χ0v) is 23.7. The number of nitrogens with two attached hydrogens (primary N) is 1. The molecule has 2 aliphatic rings. The SMILES string of the molecule is NC(=S)c1cccc(-c2cn(C3CCN(S(=O)(=O)C(F)(F)F)CC3)c3cc(CNC(=O)NCC4CCN4)ccc23)c1. The molecule has 0 radical (unpaired) electrons. The van der Waals surface area contributed by atoms with Crippen LogP contribution in [0.5, 0.6) is 0 Å². The normalized spacial score (nSPS) is 18.7. The fourth-order valence-corrected chi connectivity index (χ4v) is 6.38. The third-order valence-electron chi connectivity index (χ3n) is 7.69. The van der Waals surface area contributed by atoms with E-state index in [4.69, 9.17) is 18.0 Å². The highest BCUT2D eigenvalue weighted by Gasteiger charge is 2.50. The number of nitrogens with zero attached hydrogens (tertiary/aromatic N) is 2. The van der Waals surface area contributed by atoms with E-state index in [0.717, 1.165) is 40.6 Å². The Hall–Kier alpha value is -3.20. The topological polar surface area (TPSA) is 121 Å². The third-order valence-corrected chi connectivity index (χ3v) is 9.56. The molecule has 0 spiro atoms. The summed E-state index contributed by atoms with van der Waals surface area (Å²) in [7, 11) is -5.38. The van der Waals surface area contributed by atoms with Gasteiger partial charge >= 0.3 is 21.6 Å². The predicted molar refractivity (Wildman–Crippen MR) is 155 cm³/mol. The zero-order chi connectivity index (χ0) is 29.4. The molecule has 2 saturated heterocycles. The van der Waals surface area contributed by atoms with Crippen molar-refractivity contribution in [1.82, 2.24) is 24.8 Å². The largest absolute Gasteiger partial charge is 0.511 e. The first kappa shape index (κ1) is 29.3. The van der Waals surface area contributed by atoms with Gasteiger partial charge in [-0.3, -0.25) is 0 Å². The van der Waals surface area contributed by atoms with Crippen LogP contribution in [0.2, 0.25) is 0 Å². The molecule has 2 aromatic carbocycles. The lowest BCUT2D eigenvalue weighted by Crippen LogP contribution is -2.51. The summed E-state index contributed by atoms with van der Waals surface area (Å²) in [5.41, 5.74) is 4.64. The Morgan fingerprint density at radius 2 is 1.83 bits per heavy atom. The van der Waals surface area contributed by atoms with Crippen molar-refractivity contribution in [1.29, 1.82) is 0 Å². The molecule has 1 aromatic heterocycles. The maximum absolute atomic E-state index is 13.1. The van der Waals surface area contributed by atoms with Crippen molar-refractivity contribution in [3.05, 3.63) is 59.8 Å². The lowest BCUT2D eigenvalue weighted by Gasteiger charge is -2.32. The standard InChI is InChI=1S/C27H31F3N6O3S2/c28-27(29,30)41(38,39)35-10-7-21(8-11-35)36-16-23(18-2-1-3-19(13-18)25(31)40)22-5-4-17(12-24(22)36)14-33-26(37)34-15-20-6-9-32-20/h1-5,12-13,16,20-21,32H,6-11,14-15H2,(H2,31,40)(H2,33,34,37). The number of hydrogen-bond donors (Lipinski definition) is 4. The van der Waals surface area contributed by atoms with Crippen LogP contribution in [0.25, 0.3) is 22.0 Å². The van der Waals surface area contributed by atoms with Gasteiger partial charge in [0.25, 0.3) is 0 Å². The van der Waals surface area contributed by atoms with E-state index in [9.17, 15) is 26.4 Å². The average molecular weight is 609 g/mol. The van der Waals surface area contributed by atoms with Crippen molar-refractivity contribution in [2.24, 2.45) is 5.73 Å². The van der Waals surface area contributed by atoms with Gasteiger partial charge in [0, 0.05) is 66.5 Å². The number of piperidine rings is 1. The second kappa shape index (κ2) is 11.6. The molecule has 0 saturated carbocycles. The van der Waals surface area contributed by atoms with E-state index in [1.54, 1.807) is 0 Å². The Kier molecular flexibility index (Phi) is 8.28. The smallest absolute Gasteiger partial charge is 0.389 e. The van der Waals surface area contributed by atoms with Crippen LogP contribution in [0.4, 0.5) is 18.0 Å². The number of benzene rings is 2. The predicted octanol–water partition coefficient (Wildman–Crippen LogP) is 3.59. The molecule has 1 atom stereocenters. The number of hydrogen-bond acceptors (Lipinski definition) is 5. The molecule has 220 valence electrons. The van der Waals surface area contributed by atoms with Gasteiger partial charge in [0.05, 0.1) is 0 Å². The van der Waals surface area contributed by atoms with E-state index in [1.165, 1.54) is 0 Å². The number of alkyl halides is 3. The van der Waals surface area contributed by atoms with Gasteiger partial charge in [0.2, 0.25) is 0 Å².